The predicted octanol–water partition coefficient (Wildman–Crippen LogP) is 0.0624. The number of nitrogens with one attached hydrogen (secondary N) is 1. The number of nitrogens with two attached hydrogens (primary N) is 1. The lowest BCUT2D eigenvalue weighted by molar-refractivity contribution is -0.131. The molecule has 1 heterocycles. The summed E-state index contributed by atoms with van der Waals surface area (Å²) in [6, 6.07) is 0. The zero-order valence-electron chi connectivity index (χ0n) is 11.8. The van der Waals surface area contributed by atoms with E-state index in [0.717, 1.165) is 18.8 Å². The molecule has 1 amide bonds. The van der Waals surface area contributed by atoms with E-state index in [1.807, 2.05) is 30.7 Å². The highest BCUT2D eigenvalue weighted by atomic mass is 16.2. The van der Waals surface area contributed by atoms with Gasteiger partial charge in [0, 0.05) is 19.6 Å². The minimum atomic E-state index is 0.126. The smallest absolute Gasteiger partial charge is 0.236 e. The lowest BCUT2D eigenvalue weighted by atomic mass is 10.3. The highest BCUT2D eigenvalue weighted by Gasteiger charge is 2.12. The van der Waals surface area contributed by atoms with Gasteiger partial charge in [0.25, 0.3) is 0 Å². The van der Waals surface area contributed by atoms with Crippen molar-refractivity contribution in [2.75, 3.05) is 32.1 Å². The van der Waals surface area contributed by atoms with Crippen LogP contribution in [0.3, 0.4) is 0 Å². The third-order valence-electron chi connectivity index (χ3n) is 2.81. The maximum absolute atomic E-state index is 11.9. The summed E-state index contributed by atoms with van der Waals surface area (Å²) in [4.78, 5) is 23.9. The number of hydrogen-bond donors (Lipinski definition) is 2. The first-order valence-electron chi connectivity index (χ1n) is 6.34. The Morgan fingerprint density at radius 1 is 1.32 bits per heavy atom. The molecule has 0 aliphatic carbocycles. The molecule has 0 fully saturated rings. The molecule has 0 radical (unpaired) electrons. The molecule has 0 saturated heterocycles. The molecule has 1 aromatic heterocycles. The Morgan fingerprint density at radius 3 is 2.47 bits per heavy atom. The first-order valence-corrected chi connectivity index (χ1v) is 6.34. The average molecular weight is 266 g/mol. The molecule has 0 bridgehead atoms. The molecule has 0 unspecified atom stereocenters. The Balaban J connectivity index is 2.49. The molecule has 7 heteroatoms. The van der Waals surface area contributed by atoms with Crippen LogP contribution in [0.15, 0.2) is 12.4 Å². The molecule has 3 N–H and O–H groups in total. The fourth-order valence-corrected chi connectivity index (χ4v) is 1.75. The third-order valence-corrected chi connectivity index (χ3v) is 2.81. The Labute approximate surface area is 113 Å². The van der Waals surface area contributed by atoms with Crippen molar-refractivity contribution in [2.45, 2.75) is 20.4 Å². The topological polar surface area (TPSA) is 87.4 Å². The Kier molecular flexibility index (Phi) is 6.17. The predicted molar refractivity (Wildman–Crippen MR) is 74.1 cm³/mol. The lowest BCUT2D eigenvalue weighted by Gasteiger charge is -2.22. The zero-order chi connectivity index (χ0) is 14.3. The van der Waals surface area contributed by atoms with Gasteiger partial charge < -0.3 is 10.3 Å². The number of nitrogen functional groups attached to an aromatic ring is 1. The van der Waals surface area contributed by atoms with Gasteiger partial charge >= 0.3 is 0 Å². The van der Waals surface area contributed by atoms with Crippen molar-refractivity contribution in [3.63, 3.8) is 0 Å². The maximum Gasteiger partial charge on any atom is 0.236 e. The maximum atomic E-state index is 11.9. The summed E-state index contributed by atoms with van der Waals surface area (Å²) in [5.74, 6) is 5.86. The molecule has 1 rings (SSSR count). The number of rotatable bonds is 7. The zero-order valence-corrected chi connectivity index (χ0v) is 11.8. The molecule has 0 aromatic carbocycles. The average Bonchev–Trinajstić information content (AvgIpc) is 2.40. The Morgan fingerprint density at radius 2 is 2.00 bits per heavy atom. The first kappa shape index (κ1) is 15.3. The number of carbonyl (C=O) groups excluding carboxylic acids is 1. The third kappa shape index (κ3) is 4.80. The van der Waals surface area contributed by atoms with Gasteiger partial charge in [-0.05, 0) is 20.9 Å². The van der Waals surface area contributed by atoms with E-state index in [1.165, 1.54) is 0 Å². The molecule has 7 nitrogen and oxygen atoms in total. The minimum absolute atomic E-state index is 0.126. The number of nitrogens with zero attached hydrogens (tertiary/aromatic N) is 4. The van der Waals surface area contributed by atoms with Crippen LogP contribution in [-0.4, -0.2) is 52.4 Å². The van der Waals surface area contributed by atoms with E-state index in [2.05, 4.69) is 15.4 Å². The second-order valence-electron chi connectivity index (χ2n) is 4.28. The van der Waals surface area contributed by atoms with Crippen molar-refractivity contribution in [1.29, 1.82) is 0 Å². The SMILES string of the molecule is CCN(CC)C(=O)CN(C)Cc1cnc(NN)cn1. The molecular formula is C12H22N6O. The van der Waals surface area contributed by atoms with Crippen LogP contribution in [0, 0.1) is 0 Å². The van der Waals surface area contributed by atoms with E-state index in [0.29, 0.717) is 18.9 Å². The molecule has 0 aliphatic heterocycles. The Bertz CT molecular complexity index is 390. The van der Waals surface area contributed by atoms with E-state index in [1.54, 1.807) is 12.4 Å². The van der Waals surface area contributed by atoms with Crippen molar-refractivity contribution in [3.8, 4) is 0 Å². The normalized spacial score (nSPS) is 10.6. The number of amides is 1. The second-order valence-corrected chi connectivity index (χ2v) is 4.28. The molecule has 0 atom stereocenters. The largest absolute Gasteiger partial charge is 0.342 e. The van der Waals surface area contributed by atoms with Crippen LogP contribution in [-0.2, 0) is 11.3 Å². The van der Waals surface area contributed by atoms with Gasteiger partial charge in [-0.1, -0.05) is 0 Å². The van der Waals surface area contributed by atoms with Crippen LogP contribution in [0.4, 0.5) is 5.82 Å². The van der Waals surface area contributed by atoms with E-state index in [4.69, 9.17) is 5.84 Å². The van der Waals surface area contributed by atoms with Gasteiger partial charge in [0.2, 0.25) is 5.91 Å². The molecule has 0 spiro atoms. The van der Waals surface area contributed by atoms with Gasteiger partial charge in [0.1, 0.15) is 0 Å². The molecular weight excluding hydrogens is 244 g/mol. The number of hydrazine groups is 1. The van der Waals surface area contributed by atoms with Gasteiger partial charge in [0.15, 0.2) is 5.82 Å². The number of likely N-dealkylation sites (N-methyl/N-ethyl adjacent to an activating group) is 2. The number of aromatic nitrogens is 2. The minimum Gasteiger partial charge on any atom is -0.342 e. The van der Waals surface area contributed by atoms with Crippen molar-refractivity contribution >= 4 is 11.7 Å². The van der Waals surface area contributed by atoms with Gasteiger partial charge in [-0.2, -0.15) is 0 Å². The van der Waals surface area contributed by atoms with Gasteiger partial charge in [-0.3, -0.25) is 14.7 Å². The fourth-order valence-electron chi connectivity index (χ4n) is 1.75. The van der Waals surface area contributed by atoms with Crippen LogP contribution in [0.1, 0.15) is 19.5 Å². The summed E-state index contributed by atoms with van der Waals surface area (Å²) in [5, 5.41) is 0. The standard InChI is InChI=1S/C12H22N6O/c1-4-18(5-2)12(19)9-17(3)8-10-6-15-11(16-13)7-14-10/h6-7H,4-5,8-9,13H2,1-3H3,(H,15,16). The van der Waals surface area contributed by atoms with Crippen LogP contribution in [0.5, 0.6) is 0 Å². The van der Waals surface area contributed by atoms with Gasteiger partial charge in [-0.15, -0.1) is 0 Å². The number of hydrogen-bond acceptors (Lipinski definition) is 6. The van der Waals surface area contributed by atoms with Gasteiger partial charge in [0.05, 0.1) is 24.6 Å². The first-order chi connectivity index (χ1) is 9.10. The van der Waals surface area contributed by atoms with Crippen molar-refractivity contribution in [1.82, 2.24) is 19.8 Å². The fraction of sp³-hybridized carbons (Fsp3) is 0.583. The van der Waals surface area contributed by atoms with Crippen molar-refractivity contribution < 1.29 is 4.79 Å². The van der Waals surface area contributed by atoms with Crippen molar-refractivity contribution in [3.05, 3.63) is 18.1 Å². The second kappa shape index (κ2) is 7.65. The molecule has 0 saturated carbocycles. The summed E-state index contributed by atoms with van der Waals surface area (Å²) in [7, 11) is 1.89. The van der Waals surface area contributed by atoms with Crippen LogP contribution < -0.4 is 11.3 Å². The summed E-state index contributed by atoms with van der Waals surface area (Å²) in [6.07, 6.45) is 3.21. The molecule has 0 aliphatic rings. The monoisotopic (exact) mass is 266 g/mol. The molecule has 19 heavy (non-hydrogen) atoms. The lowest BCUT2D eigenvalue weighted by Crippen LogP contribution is -2.38. The highest BCUT2D eigenvalue weighted by molar-refractivity contribution is 5.78. The number of anilines is 1. The van der Waals surface area contributed by atoms with Crippen LogP contribution >= 0.6 is 0 Å². The van der Waals surface area contributed by atoms with Crippen molar-refractivity contribution in [2.24, 2.45) is 5.84 Å². The summed E-state index contributed by atoms with van der Waals surface area (Å²) < 4.78 is 0. The summed E-state index contributed by atoms with van der Waals surface area (Å²) in [6.45, 7) is 6.38. The van der Waals surface area contributed by atoms with E-state index < -0.39 is 0 Å². The van der Waals surface area contributed by atoms with E-state index in [-0.39, 0.29) is 5.91 Å². The summed E-state index contributed by atoms with van der Waals surface area (Å²) >= 11 is 0. The summed E-state index contributed by atoms with van der Waals surface area (Å²) in [5.41, 5.74) is 3.22. The highest BCUT2D eigenvalue weighted by Crippen LogP contribution is 2.02. The van der Waals surface area contributed by atoms with E-state index >= 15 is 0 Å². The van der Waals surface area contributed by atoms with E-state index in [9.17, 15) is 4.79 Å². The van der Waals surface area contributed by atoms with Crippen LogP contribution in [0.25, 0.3) is 0 Å². The van der Waals surface area contributed by atoms with Crippen LogP contribution in [0.2, 0.25) is 0 Å². The number of carbonyl (C=O) groups is 1. The Hall–Kier alpha value is -1.73. The van der Waals surface area contributed by atoms with Gasteiger partial charge in [-0.25, -0.2) is 10.8 Å². The molecule has 1 aromatic rings. The quantitative estimate of drug-likeness (QED) is 0.536. The molecule has 106 valence electrons.